The molecule has 1 atom stereocenters. The van der Waals surface area contributed by atoms with Gasteiger partial charge >= 0.3 is 0 Å². The van der Waals surface area contributed by atoms with Crippen LogP contribution in [0.25, 0.3) is 0 Å². The average molecular weight is 408 g/mol. The van der Waals surface area contributed by atoms with Crippen LogP contribution in [-0.2, 0) is 4.79 Å². The molecule has 0 fully saturated rings. The number of carbonyl (C=O) groups is 2. The number of anilines is 2. The highest BCUT2D eigenvalue weighted by molar-refractivity contribution is 6.02. The highest BCUT2D eigenvalue weighted by Gasteiger charge is 2.17. The Morgan fingerprint density at radius 2 is 1.67 bits per heavy atom. The number of nitrogens with one attached hydrogen (secondary N) is 2. The van der Waals surface area contributed by atoms with Gasteiger partial charge in [0.25, 0.3) is 11.8 Å². The van der Waals surface area contributed by atoms with Gasteiger partial charge in [0.1, 0.15) is 19.0 Å². The molecule has 0 radical (unpaired) electrons. The summed E-state index contributed by atoms with van der Waals surface area (Å²) in [5, 5.41) is 5.51. The zero-order chi connectivity index (χ0) is 20.9. The fourth-order valence-corrected chi connectivity index (χ4v) is 2.84. The van der Waals surface area contributed by atoms with E-state index in [1.807, 2.05) is 0 Å². The summed E-state index contributed by atoms with van der Waals surface area (Å²) in [5.41, 5.74) is 1.17. The Balaban J connectivity index is 1.32. The van der Waals surface area contributed by atoms with Crippen molar-refractivity contribution in [1.29, 1.82) is 0 Å². The Bertz CT molecular complexity index is 1030. The Hall–Kier alpha value is -3.94. The molecular weight excluding hydrogens is 388 g/mol. The molecule has 0 saturated heterocycles. The number of carbonyl (C=O) groups excluding carboxylic acids is 2. The predicted molar refractivity (Wildman–Crippen MR) is 109 cm³/mol. The van der Waals surface area contributed by atoms with Crippen LogP contribution < -0.4 is 24.8 Å². The zero-order valence-corrected chi connectivity index (χ0v) is 16.2. The number of furan rings is 1. The second kappa shape index (κ2) is 8.60. The number of hydrogen-bond donors (Lipinski definition) is 2. The quantitative estimate of drug-likeness (QED) is 0.645. The summed E-state index contributed by atoms with van der Waals surface area (Å²) >= 11 is 0. The first kappa shape index (κ1) is 19.4. The molecule has 4 rings (SSSR count). The summed E-state index contributed by atoms with van der Waals surface area (Å²) in [5.74, 6) is 1.32. The summed E-state index contributed by atoms with van der Waals surface area (Å²) < 4.78 is 21.7. The van der Waals surface area contributed by atoms with Gasteiger partial charge < -0.3 is 29.3 Å². The first-order chi connectivity index (χ1) is 14.6. The number of ether oxygens (including phenoxy) is 3. The van der Waals surface area contributed by atoms with Crippen molar-refractivity contribution in [3.05, 3.63) is 66.6 Å². The molecule has 0 aliphatic carbocycles. The number of rotatable bonds is 6. The Kier molecular flexibility index (Phi) is 5.56. The molecule has 0 saturated carbocycles. The molecule has 8 nitrogen and oxygen atoms in total. The molecular formula is C22H20N2O6. The topological polar surface area (TPSA) is 99.0 Å². The van der Waals surface area contributed by atoms with Gasteiger partial charge in [0.2, 0.25) is 0 Å². The first-order valence-electron chi connectivity index (χ1n) is 9.40. The smallest absolute Gasteiger partial charge is 0.291 e. The van der Waals surface area contributed by atoms with Gasteiger partial charge in [-0.1, -0.05) is 0 Å². The molecule has 2 N–H and O–H groups in total. The van der Waals surface area contributed by atoms with Crippen LogP contribution in [0.2, 0.25) is 0 Å². The Morgan fingerprint density at radius 3 is 2.40 bits per heavy atom. The molecule has 3 aromatic rings. The summed E-state index contributed by atoms with van der Waals surface area (Å²) in [4.78, 5) is 24.4. The van der Waals surface area contributed by atoms with E-state index in [-0.39, 0.29) is 17.6 Å². The minimum Gasteiger partial charge on any atom is -0.486 e. The van der Waals surface area contributed by atoms with E-state index in [1.54, 1.807) is 61.5 Å². The van der Waals surface area contributed by atoms with Gasteiger partial charge in [-0.15, -0.1) is 0 Å². The monoisotopic (exact) mass is 408 g/mol. The number of hydrogen-bond acceptors (Lipinski definition) is 6. The Morgan fingerprint density at radius 1 is 0.933 bits per heavy atom. The summed E-state index contributed by atoms with van der Waals surface area (Å²) in [6.45, 7) is 2.64. The van der Waals surface area contributed by atoms with Crippen LogP contribution in [-0.4, -0.2) is 31.1 Å². The van der Waals surface area contributed by atoms with Gasteiger partial charge in [-0.3, -0.25) is 9.59 Å². The van der Waals surface area contributed by atoms with E-state index in [4.69, 9.17) is 18.6 Å². The van der Waals surface area contributed by atoms with Crippen molar-refractivity contribution in [3.8, 4) is 17.2 Å². The molecule has 0 bridgehead atoms. The number of amides is 2. The lowest BCUT2D eigenvalue weighted by Gasteiger charge is -2.20. The van der Waals surface area contributed by atoms with Gasteiger partial charge in [0, 0.05) is 17.4 Å². The van der Waals surface area contributed by atoms with Gasteiger partial charge in [-0.2, -0.15) is 0 Å². The van der Waals surface area contributed by atoms with E-state index >= 15 is 0 Å². The largest absolute Gasteiger partial charge is 0.486 e. The molecule has 1 aliphatic heterocycles. The number of benzene rings is 2. The number of fused-ring (bicyclic) bond motifs is 1. The van der Waals surface area contributed by atoms with E-state index < -0.39 is 6.10 Å². The molecule has 8 heteroatoms. The molecule has 1 aliphatic rings. The van der Waals surface area contributed by atoms with Crippen LogP contribution >= 0.6 is 0 Å². The van der Waals surface area contributed by atoms with Gasteiger partial charge in [-0.25, -0.2) is 0 Å². The molecule has 2 heterocycles. The normalized spacial score (nSPS) is 13.2. The third kappa shape index (κ3) is 4.54. The minimum atomic E-state index is -0.734. The van der Waals surface area contributed by atoms with Crippen LogP contribution in [0.15, 0.2) is 65.3 Å². The third-order valence-electron chi connectivity index (χ3n) is 4.35. The Labute approximate surface area is 172 Å². The highest BCUT2D eigenvalue weighted by Crippen LogP contribution is 2.32. The maximum atomic E-state index is 12.5. The van der Waals surface area contributed by atoms with Crippen molar-refractivity contribution in [3.63, 3.8) is 0 Å². The van der Waals surface area contributed by atoms with Gasteiger partial charge in [-0.05, 0) is 55.5 Å². The van der Waals surface area contributed by atoms with Crippen molar-refractivity contribution < 1.29 is 28.2 Å². The second-order valence-corrected chi connectivity index (χ2v) is 6.56. The van der Waals surface area contributed by atoms with E-state index in [0.717, 1.165) is 0 Å². The van der Waals surface area contributed by atoms with Gasteiger partial charge in [0.05, 0.1) is 6.26 Å². The summed E-state index contributed by atoms with van der Waals surface area (Å²) in [6.07, 6.45) is 0.699. The second-order valence-electron chi connectivity index (χ2n) is 6.56. The van der Waals surface area contributed by atoms with Gasteiger partial charge in [0.15, 0.2) is 23.4 Å². The van der Waals surface area contributed by atoms with Crippen LogP contribution in [0.5, 0.6) is 17.2 Å². The summed E-state index contributed by atoms with van der Waals surface area (Å²) in [6, 6.07) is 15.1. The third-order valence-corrected chi connectivity index (χ3v) is 4.35. The molecule has 2 aromatic carbocycles. The van der Waals surface area contributed by atoms with E-state index in [0.29, 0.717) is 41.8 Å². The first-order valence-corrected chi connectivity index (χ1v) is 9.40. The fourth-order valence-electron chi connectivity index (χ4n) is 2.84. The van der Waals surface area contributed by atoms with Crippen molar-refractivity contribution in [2.45, 2.75) is 13.0 Å². The van der Waals surface area contributed by atoms with E-state index in [2.05, 4.69) is 10.6 Å². The SMILES string of the molecule is C[C@H](Oc1ccc(NC(=O)c2ccco2)cc1)C(=O)Nc1ccc2c(c1)OCCO2. The van der Waals surface area contributed by atoms with Crippen molar-refractivity contribution >= 4 is 23.2 Å². The molecule has 2 amide bonds. The average Bonchev–Trinajstić information content (AvgIpc) is 3.30. The van der Waals surface area contributed by atoms with E-state index in [9.17, 15) is 9.59 Å². The maximum absolute atomic E-state index is 12.5. The van der Waals surface area contributed by atoms with Crippen LogP contribution in [0.1, 0.15) is 17.5 Å². The molecule has 0 spiro atoms. The highest BCUT2D eigenvalue weighted by atomic mass is 16.6. The summed E-state index contributed by atoms with van der Waals surface area (Å²) in [7, 11) is 0. The lowest BCUT2D eigenvalue weighted by Crippen LogP contribution is -2.30. The molecule has 1 aromatic heterocycles. The van der Waals surface area contributed by atoms with Crippen molar-refractivity contribution in [2.24, 2.45) is 0 Å². The van der Waals surface area contributed by atoms with E-state index in [1.165, 1.54) is 6.26 Å². The predicted octanol–water partition coefficient (Wildman–Crippen LogP) is 3.71. The standard InChI is InChI=1S/C22H20N2O6/c1-14(21(25)24-16-6-9-18-20(13-16)29-12-11-28-18)30-17-7-4-15(5-8-17)23-22(26)19-3-2-10-27-19/h2-10,13-14H,11-12H2,1H3,(H,23,26)(H,24,25)/t14-/m0/s1. The zero-order valence-electron chi connectivity index (χ0n) is 16.2. The lowest BCUT2D eigenvalue weighted by atomic mass is 10.2. The van der Waals surface area contributed by atoms with Crippen LogP contribution in [0, 0.1) is 0 Å². The van der Waals surface area contributed by atoms with Crippen molar-refractivity contribution in [2.75, 3.05) is 23.8 Å². The van der Waals surface area contributed by atoms with Crippen LogP contribution in [0.3, 0.4) is 0 Å². The molecule has 154 valence electrons. The molecule has 30 heavy (non-hydrogen) atoms. The lowest BCUT2D eigenvalue weighted by molar-refractivity contribution is -0.122. The molecule has 0 unspecified atom stereocenters. The fraction of sp³-hybridized carbons (Fsp3) is 0.182. The maximum Gasteiger partial charge on any atom is 0.291 e. The minimum absolute atomic E-state index is 0.222. The van der Waals surface area contributed by atoms with Crippen molar-refractivity contribution in [1.82, 2.24) is 0 Å². The van der Waals surface area contributed by atoms with Crippen LogP contribution in [0.4, 0.5) is 11.4 Å².